The van der Waals surface area contributed by atoms with Crippen LogP contribution >= 0.6 is 0 Å². The Morgan fingerprint density at radius 3 is 2.49 bits per heavy atom. The fraction of sp³-hybridized carbons (Fsp3) is 0.229. The van der Waals surface area contributed by atoms with Crippen molar-refractivity contribution in [2.45, 2.75) is 46.3 Å². The zero-order valence-electron chi connectivity index (χ0n) is 26.7. The van der Waals surface area contributed by atoms with Gasteiger partial charge in [0, 0.05) is 53.4 Å². The molecule has 1 aliphatic heterocycles. The number of nitrogens with zero attached hydrogens (tertiary/aromatic N) is 8. The van der Waals surface area contributed by atoms with Crippen molar-refractivity contribution in [1.82, 2.24) is 38.7 Å². The maximum Gasteiger partial charge on any atom is 0.281 e. The van der Waals surface area contributed by atoms with Crippen molar-refractivity contribution < 1.29 is 9.84 Å². The number of hydrogen-bond donors (Lipinski definition) is 2. The number of aromatic hydroxyl groups is 1. The predicted octanol–water partition coefficient (Wildman–Crippen LogP) is 4.99. The third-order valence-electron chi connectivity index (χ3n) is 8.92. The van der Waals surface area contributed by atoms with E-state index in [-0.39, 0.29) is 23.7 Å². The number of phenolic OH excluding ortho intramolecular Hbond substituents is 1. The molecule has 0 spiro atoms. The van der Waals surface area contributed by atoms with Gasteiger partial charge in [0.1, 0.15) is 30.0 Å². The van der Waals surface area contributed by atoms with Crippen molar-refractivity contribution in [1.29, 1.82) is 0 Å². The first kappa shape index (κ1) is 28.6. The van der Waals surface area contributed by atoms with Gasteiger partial charge in [0.05, 0.1) is 16.3 Å². The number of rotatable bonds is 5. The van der Waals surface area contributed by atoms with Crippen LogP contribution in [0.5, 0.6) is 11.5 Å². The number of nitrogens with two attached hydrogens (primary N) is 1. The molecule has 0 bridgehead atoms. The molecule has 47 heavy (non-hydrogen) atoms. The van der Waals surface area contributed by atoms with Gasteiger partial charge in [-0.3, -0.25) is 9.47 Å². The lowest BCUT2D eigenvalue weighted by Gasteiger charge is -2.19. The molecule has 0 saturated carbocycles. The summed E-state index contributed by atoms with van der Waals surface area (Å²) in [6.07, 6.45) is 3.93. The molecule has 0 radical (unpaired) electrons. The number of ether oxygens (including phenoxy) is 1. The van der Waals surface area contributed by atoms with E-state index in [1.165, 1.54) is 6.33 Å². The molecular weight excluding hydrogens is 594 g/mol. The molecule has 8 rings (SSSR count). The molecule has 12 heteroatoms. The molecule has 0 saturated heterocycles. The summed E-state index contributed by atoms with van der Waals surface area (Å²) < 4.78 is 13.3. The monoisotopic (exact) mass is 627 g/mol. The SMILES string of the molecule is Cc1ccc(C)n1-n1c(Cn2nc(-c3ccc(O)c4c3CC(C)(C)O4)c3c(N)ncnc32)nc2cccc(-c3cccn3C)c2c1=O. The minimum absolute atomic E-state index is 0.0684. The standard InChI is InChI=1S/C35H33N9O3/c1-19-11-12-20(2)43(19)44-27(39-24-9-6-8-22(28(24)34(44)46)25-10-7-15-41(25)5)17-42-33-29(32(36)37-18-38-33)30(40-42)21-13-14-26(45)31-23(21)16-35(3,4)47-31/h6-15,18,45H,16-17H2,1-5H3,(H2,36,37,38). The Bertz CT molecular complexity index is 2440. The Kier molecular flexibility index (Phi) is 6.10. The molecule has 0 atom stereocenters. The quantitative estimate of drug-likeness (QED) is 0.272. The predicted molar refractivity (Wildman–Crippen MR) is 179 cm³/mol. The average molecular weight is 628 g/mol. The van der Waals surface area contributed by atoms with Crippen molar-refractivity contribution in [3.63, 3.8) is 0 Å². The van der Waals surface area contributed by atoms with Crippen LogP contribution in [0.15, 0.2) is 71.9 Å². The average Bonchev–Trinajstić information content (AvgIpc) is 3.79. The van der Waals surface area contributed by atoms with Gasteiger partial charge in [-0.05, 0) is 70.2 Å². The topological polar surface area (TPSA) is 144 Å². The van der Waals surface area contributed by atoms with Crippen molar-refractivity contribution >= 4 is 27.8 Å². The summed E-state index contributed by atoms with van der Waals surface area (Å²) in [5.74, 6) is 1.23. The molecule has 7 aromatic rings. The molecule has 12 nitrogen and oxygen atoms in total. The summed E-state index contributed by atoms with van der Waals surface area (Å²) >= 11 is 0. The van der Waals surface area contributed by atoms with Crippen LogP contribution < -0.4 is 16.0 Å². The first-order valence-electron chi connectivity index (χ1n) is 15.4. The summed E-state index contributed by atoms with van der Waals surface area (Å²) in [6.45, 7) is 7.97. The molecular formula is C35H33N9O3. The highest BCUT2D eigenvalue weighted by Crippen LogP contribution is 2.47. The van der Waals surface area contributed by atoms with Crippen LogP contribution in [0, 0.1) is 13.8 Å². The van der Waals surface area contributed by atoms with Crippen molar-refractivity contribution in [2.75, 3.05) is 5.73 Å². The lowest BCUT2D eigenvalue weighted by Crippen LogP contribution is -2.33. The summed E-state index contributed by atoms with van der Waals surface area (Å²) in [7, 11) is 1.96. The summed E-state index contributed by atoms with van der Waals surface area (Å²) in [4.78, 5) is 28.7. The van der Waals surface area contributed by atoms with Crippen LogP contribution in [-0.4, -0.2) is 49.4 Å². The summed E-state index contributed by atoms with van der Waals surface area (Å²) in [5.41, 5.74) is 12.5. The second-order valence-corrected chi connectivity index (χ2v) is 12.7. The van der Waals surface area contributed by atoms with Crippen molar-refractivity contribution in [2.24, 2.45) is 7.05 Å². The molecule has 1 aliphatic rings. The lowest BCUT2D eigenvalue weighted by molar-refractivity contribution is 0.134. The minimum atomic E-state index is -0.508. The molecule has 0 aliphatic carbocycles. The van der Waals surface area contributed by atoms with E-state index in [1.54, 1.807) is 15.4 Å². The van der Waals surface area contributed by atoms with E-state index in [0.29, 0.717) is 45.6 Å². The molecule has 5 aromatic heterocycles. The number of nitrogen functional groups attached to an aromatic ring is 1. The highest BCUT2D eigenvalue weighted by atomic mass is 16.5. The van der Waals surface area contributed by atoms with Gasteiger partial charge in [0.15, 0.2) is 23.0 Å². The van der Waals surface area contributed by atoms with Gasteiger partial charge in [-0.15, -0.1) is 0 Å². The van der Waals surface area contributed by atoms with Crippen molar-refractivity contribution in [3.05, 3.63) is 100 Å². The van der Waals surface area contributed by atoms with E-state index in [9.17, 15) is 9.90 Å². The Morgan fingerprint density at radius 2 is 1.74 bits per heavy atom. The highest BCUT2D eigenvalue weighted by molar-refractivity contribution is 5.99. The smallest absolute Gasteiger partial charge is 0.281 e. The van der Waals surface area contributed by atoms with Crippen LogP contribution in [0.1, 0.15) is 36.6 Å². The molecule has 0 amide bonds. The van der Waals surface area contributed by atoms with E-state index in [0.717, 1.165) is 33.8 Å². The van der Waals surface area contributed by atoms with Crippen LogP contribution in [-0.2, 0) is 20.0 Å². The van der Waals surface area contributed by atoms with Gasteiger partial charge in [-0.25, -0.2) is 19.6 Å². The summed E-state index contributed by atoms with van der Waals surface area (Å²) in [6, 6.07) is 17.1. The summed E-state index contributed by atoms with van der Waals surface area (Å²) in [5, 5.41) is 16.8. The Balaban J connectivity index is 1.38. The maximum absolute atomic E-state index is 14.7. The van der Waals surface area contributed by atoms with Crippen molar-refractivity contribution in [3.8, 4) is 34.0 Å². The molecule has 0 unspecified atom stereocenters. The minimum Gasteiger partial charge on any atom is -0.504 e. The molecule has 2 aromatic carbocycles. The number of aryl methyl sites for hydroxylation is 3. The second kappa shape index (κ2) is 10.0. The third-order valence-corrected chi connectivity index (χ3v) is 8.92. The van der Waals surface area contributed by atoms with E-state index in [2.05, 4.69) is 9.97 Å². The highest BCUT2D eigenvalue weighted by Gasteiger charge is 2.35. The van der Waals surface area contributed by atoms with Crippen LogP contribution in [0.4, 0.5) is 5.82 Å². The third kappa shape index (κ3) is 4.32. The van der Waals surface area contributed by atoms with E-state index in [4.69, 9.17) is 20.6 Å². The van der Waals surface area contributed by atoms with Gasteiger partial charge in [0.25, 0.3) is 5.56 Å². The second-order valence-electron chi connectivity index (χ2n) is 12.7. The number of anilines is 1. The number of benzene rings is 2. The zero-order chi connectivity index (χ0) is 32.8. The zero-order valence-corrected chi connectivity index (χ0v) is 26.7. The lowest BCUT2D eigenvalue weighted by atomic mass is 9.95. The number of aromatic nitrogens is 8. The molecule has 236 valence electrons. The van der Waals surface area contributed by atoms with Crippen LogP contribution in [0.2, 0.25) is 0 Å². The number of fused-ring (bicyclic) bond motifs is 3. The normalized spacial score (nSPS) is 13.8. The van der Waals surface area contributed by atoms with E-state index < -0.39 is 5.60 Å². The van der Waals surface area contributed by atoms with Crippen LogP contribution in [0.25, 0.3) is 44.5 Å². The van der Waals surface area contributed by atoms with Gasteiger partial charge < -0.3 is 20.1 Å². The van der Waals surface area contributed by atoms with Gasteiger partial charge in [-0.2, -0.15) is 9.77 Å². The number of hydrogen-bond acceptors (Lipinski definition) is 8. The molecule has 6 heterocycles. The Hall–Kier alpha value is -5.91. The van der Waals surface area contributed by atoms with Gasteiger partial charge >= 0.3 is 0 Å². The fourth-order valence-corrected chi connectivity index (χ4v) is 6.83. The van der Waals surface area contributed by atoms with Gasteiger partial charge in [0.2, 0.25) is 0 Å². The van der Waals surface area contributed by atoms with E-state index >= 15 is 0 Å². The Morgan fingerprint density at radius 1 is 0.957 bits per heavy atom. The Labute approximate surface area is 269 Å². The first-order valence-corrected chi connectivity index (χ1v) is 15.4. The largest absolute Gasteiger partial charge is 0.504 e. The molecule has 0 fully saturated rings. The molecule has 3 N–H and O–H groups in total. The van der Waals surface area contributed by atoms with Gasteiger partial charge in [-0.1, -0.05) is 12.1 Å². The fourth-order valence-electron chi connectivity index (χ4n) is 6.83. The van der Waals surface area contributed by atoms with E-state index in [1.807, 2.05) is 98.7 Å². The first-order chi connectivity index (χ1) is 22.5. The number of phenols is 1. The van der Waals surface area contributed by atoms with Crippen LogP contribution in [0.3, 0.4) is 0 Å². The maximum atomic E-state index is 14.7.